The molecule has 1 aromatic heterocycles. The van der Waals surface area contributed by atoms with Gasteiger partial charge in [0.1, 0.15) is 35.2 Å². The third kappa shape index (κ3) is 10.2. The fourth-order valence-electron chi connectivity index (χ4n) is 7.77. The number of sulfonamides is 1. The molecule has 0 bridgehead atoms. The molecule has 59 heavy (non-hydrogen) atoms. The number of urea groups is 1. The monoisotopic (exact) mass is 832 g/mol. The minimum absolute atomic E-state index is 0.00402. The van der Waals surface area contributed by atoms with Gasteiger partial charge in [-0.1, -0.05) is 76.1 Å². The summed E-state index contributed by atoms with van der Waals surface area (Å²) in [5, 5.41) is 19.6. The molecule has 1 saturated carbocycles. The van der Waals surface area contributed by atoms with E-state index in [2.05, 4.69) is 16.0 Å². The number of carboxylic acid groups (broad SMARTS) is 1. The minimum Gasteiger partial charge on any atom is -0.497 e. The first-order chi connectivity index (χ1) is 27.9. The van der Waals surface area contributed by atoms with Crippen LogP contribution in [-0.2, 0) is 24.4 Å². The Morgan fingerprint density at radius 3 is 2.53 bits per heavy atom. The summed E-state index contributed by atoms with van der Waals surface area (Å²) in [6.07, 6.45) is 7.56. The lowest BCUT2D eigenvalue weighted by Gasteiger charge is -2.35. The molecule has 2 unspecified atom stereocenters. The number of carbonyl (C=O) groups is 4. The zero-order valence-electron chi connectivity index (χ0n) is 34.6. The number of hydrogen-bond donors (Lipinski definition) is 4. The maximum Gasteiger partial charge on any atom is 0.330 e. The van der Waals surface area contributed by atoms with Crippen molar-refractivity contribution in [1.29, 1.82) is 0 Å². The standard InChI is InChI=1S/C43H56N6O9S/c1-42(2,3)37(26-48(4)59(6,55)56)46-41(54)45-32-18-14-9-7-8-13-17-28-24-43(28,40(52)53)47-38(50)35-22-30(25-49(35)39(32)51)58-36-23-33(27-15-11-10-12-16-27)44-34-21-29(57-5)19-20-31(34)36/h10-13,15-17,19-21,23,28,30,32,35,37H,7-9,14,18,22,24-26H2,1-6H3,(H,47,50)(H,52,53)(H2,45,46,54)/b17-13-/t28?,30-,32+,35+,37?,43-/m1/s1. The van der Waals surface area contributed by atoms with Crippen LogP contribution in [0.5, 0.6) is 11.5 Å². The van der Waals surface area contributed by atoms with Crippen molar-refractivity contribution in [2.45, 2.75) is 95.5 Å². The SMILES string of the molecule is COc1ccc2c(O[C@@H]3C[C@H]4C(=O)N[C@]5(C(=O)O)CC5/C=C\CCCCC[C@H](NC(=O)NC(CN(C)S(C)(=O)=O)C(C)(C)C)C(=O)N4C3)cc(-c3ccccc3)nc2c1. The Bertz CT molecular complexity index is 2190. The molecule has 2 fully saturated rings. The zero-order chi connectivity index (χ0) is 42.7. The second-order valence-electron chi connectivity index (χ2n) is 17.0. The van der Waals surface area contributed by atoms with Crippen molar-refractivity contribution in [1.82, 2.24) is 30.1 Å². The third-order valence-electron chi connectivity index (χ3n) is 11.6. The zero-order valence-corrected chi connectivity index (χ0v) is 35.4. The number of likely N-dealkylation sites (N-methyl/N-ethyl adjacent to an activating group) is 1. The molecule has 4 N–H and O–H groups in total. The molecule has 2 aromatic carbocycles. The molecule has 15 nitrogen and oxygen atoms in total. The van der Waals surface area contributed by atoms with Crippen molar-refractivity contribution >= 4 is 44.7 Å². The van der Waals surface area contributed by atoms with Crippen LogP contribution < -0.4 is 25.4 Å². The largest absolute Gasteiger partial charge is 0.497 e. The quantitative estimate of drug-likeness (QED) is 0.208. The van der Waals surface area contributed by atoms with Crippen LogP contribution in [0.25, 0.3) is 22.2 Å². The van der Waals surface area contributed by atoms with E-state index in [-0.39, 0.29) is 38.3 Å². The molecule has 3 heterocycles. The number of rotatable bonds is 10. The summed E-state index contributed by atoms with van der Waals surface area (Å²) in [7, 11) is -0.535. The van der Waals surface area contributed by atoms with Gasteiger partial charge in [0.05, 0.1) is 31.1 Å². The molecular formula is C43H56N6O9S. The van der Waals surface area contributed by atoms with E-state index in [1.165, 1.54) is 16.3 Å². The van der Waals surface area contributed by atoms with Crippen LogP contribution in [-0.4, -0.2) is 115 Å². The first kappa shape index (κ1) is 43.4. The Hall–Kier alpha value is -5.22. The molecule has 3 aliphatic rings. The molecule has 2 aliphatic heterocycles. The molecule has 1 saturated heterocycles. The average Bonchev–Trinajstić information content (AvgIpc) is 3.72. The first-order valence-electron chi connectivity index (χ1n) is 20.1. The first-order valence-corrected chi connectivity index (χ1v) is 22.0. The van der Waals surface area contributed by atoms with Crippen LogP contribution in [0.1, 0.15) is 65.7 Å². The van der Waals surface area contributed by atoms with E-state index >= 15 is 0 Å². The predicted octanol–water partition coefficient (Wildman–Crippen LogP) is 4.71. The number of ether oxygens (including phenoxy) is 2. The Kier molecular flexibility index (Phi) is 12.9. The van der Waals surface area contributed by atoms with Crippen LogP contribution in [0.15, 0.2) is 66.7 Å². The number of allylic oxidation sites excluding steroid dienone is 1. The van der Waals surface area contributed by atoms with Gasteiger partial charge in [-0.3, -0.25) is 9.59 Å². The maximum atomic E-state index is 14.8. The fourth-order valence-corrected chi connectivity index (χ4v) is 8.19. The van der Waals surface area contributed by atoms with E-state index in [1.54, 1.807) is 19.2 Å². The molecule has 1 aliphatic carbocycles. The number of aromatic nitrogens is 1. The van der Waals surface area contributed by atoms with E-state index in [1.807, 2.05) is 75.4 Å². The van der Waals surface area contributed by atoms with Crippen LogP contribution >= 0.6 is 0 Å². The summed E-state index contributed by atoms with van der Waals surface area (Å²) in [5.41, 5.74) is 0.0645. The molecule has 0 spiro atoms. The lowest BCUT2D eigenvalue weighted by molar-refractivity contribution is -0.145. The van der Waals surface area contributed by atoms with Gasteiger partial charge in [-0.25, -0.2) is 27.3 Å². The Balaban J connectivity index is 1.32. The highest BCUT2D eigenvalue weighted by molar-refractivity contribution is 7.88. The molecular weight excluding hydrogens is 777 g/mol. The number of carbonyl (C=O) groups excluding carboxylic acids is 3. The van der Waals surface area contributed by atoms with Gasteiger partial charge in [-0.2, -0.15) is 0 Å². The number of nitrogens with one attached hydrogen (secondary N) is 3. The fraction of sp³-hybridized carbons (Fsp3) is 0.512. The van der Waals surface area contributed by atoms with Crippen LogP contribution in [0.4, 0.5) is 4.79 Å². The molecule has 318 valence electrons. The highest BCUT2D eigenvalue weighted by atomic mass is 32.2. The number of aliphatic carboxylic acids is 1. The summed E-state index contributed by atoms with van der Waals surface area (Å²) in [4.78, 5) is 61.7. The van der Waals surface area contributed by atoms with Gasteiger partial charge in [0, 0.05) is 55.1 Å². The van der Waals surface area contributed by atoms with Crippen molar-refractivity contribution in [3.63, 3.8) is 0 Å². The second-order valence-corrected chi connectivity index (χ2v) is 19.1. The van der Waals surface area contributed by atoms with Gasteiger partial charge in [-0.05, 0) is 43.2 Å². The Morgan fingerprint density at radius 2 is 1.85 bits per heavy atom. The van der Waals surface area contributed by atoms with E-state index in [0.717, 1.165) is 24.7 Å². The van der Waals surface area contributed by atoms with Gasteiger partial charge in [0.25, 0.3) is 0 Å². The topological polar surface area (TPSA) is 197 Å². The number of amides is 4. The molecule has 6 atom stereocenters. The number of methoxy groups -OCH3 is 1. The normalized spacial score (nSPS) is 25.1. The lowest BCUT2D eigenvalue weighted by atomic mass is 9.87. The van der Waals surface area contributed by atoms with E-state index in [9.17, 15) is 32.7 Å². The number of benzene rings is 2. The van der Waals surface area contributed by atoms with E-state index in [4.69, 9.17) is 14.5 Å². The highest BCUT2D eigenvalue weighted by Gasteiger charge is 2.61. The molecule has 4 amide bonds. The maximum absolute atomic E-state index is 14.8. The summed E-state index contributed by atoms with van der Waals surface area (Å²) in [6, 6.07) is 13.4. The summed E-state index contributed by atoms with van der Waals surface area (Å²) >= 11 is 0. The molecule has 0 radical (unpaired) electrons. The summed E-state index contributed by atoms with van der Waals surface area (Å²) < 4.78 is 37.9. The van der Waals surface area contributed by atoms with Gasteiger partial charge < -0.3 is 35.4 Å². The van der Waals surface area contributed by atoms with E-state index in [0.29, 0.717) is 40.9 Å². The Labute approximate surface area is 345 Å². The Morgan fingerprint density at radius 1 is 1.10 bits per heavy atom. The second kappa shape index (κ2) is 17.6. The average molecular weight is 833 g/mol. The van der Waals surface area contributed by atoms with Gasteiger partial charge in [0.2, 0.25) is 21.8 Å². The van der Waals surface area contributed by atoms with Crippen molar-refractivity contribution < 1.29 is 42.2 Å². The third-order valence-corrected chi connectivity index (χ3v) is 12.9. The number of nitrogens with zero attached hydrogens (tertiary/aromatic N) is 3. The number of fused-ring (bicyclic) bond motifs is 3. The highest BCUT2D eigenvalue weighted by Crippen LogP contribution is 2.45. The van der Waals surface area contributed by atoms with E-state index < -0.39 is 69.0 Å². The molecule has 3 aromatic rings. The van der Waals surface area contributed by atoms with Gasteiger partial charge in [-0.15, -0.1) is 0 Å². The lowest BCUT2D eigenvalue weighted by Crippen LogP contribution is -2.59. The summed E-state index contributed by atoms with van der Waals surface area (Å²) in [6.45, 7) is 5.62. The smallest absolute Gasteiger partial charge is 0.330 e. The van der Waals surface area contributed by atoms with Crippen molar-refractivity contribution in [3.8, 4) is 22.8 Å². The van der Waals surface area contributed by atoms with Crippen molar-refractivity contribution in [2.24, 2.45) is 11.3 Å². The number of pyridine rings is 1. The minimum atomic E-state index is -3.55. The molecule has 6 rings (SSSR count). The van der Waals surface area contributed by atoms with Crippen molar-refractivity contribution in [3.05, 3.63) is 66.7 Å². The van der Waals surface area contributed by atoms with Gasteiger partial charge in [0.15, 0.2) is 0 Å². The summed E-state index contributed by atoms with van der Waals surface area (Å²) in [5.74, 6) is -1.58. The van der Waals surface area contributed by atoms with Crippen LogP contribution in [0.2, 0.25) is 0 Å². The number of carboxylic acids is 1. The van der Waals surface area contributed by atoms with Crippen LogP contribution in [0.3, 0.4) is 0 Å². The van der Waals surface area contributed by atoms with Crippen molar-refractivity contribution in [2.75, 3.05) is 33.5 Å². The van der Waals surface area contributed by atoms with Gasteiger partial charge >= 0.3 is 12.0 Å². The predicted molar refractivity (Wildman–Crippen MR) is 223 cm³/mol. The number of hydrogen-bond acceptors (Lipinski definition) is 9. The molecule has 16 heteroatoms. The van der Waals surface area contributed by atoms with Crippen LogP contribution in [0, 0.1) is 11.3 Å².